The van der Waals surface area contributed by atoms with E-state index < -0.39 is 0 Å². The van der Waals surface area contributed by atoms with Crippen molar-refractivity contribution in [3.63, 3.8) is 0 Å². The number of rotatable bonds is 6. The van der Waals surface area contributed by atoms with Crippen LogP contribution >= 0.6 is 0 Å². The number of esters is 1. The van der Waals surface area contributed by atoms with Gasteiger partial charge in [0.15, 0.2) is 0 Å². The van der Waals surface area contributed by atoms with Gasteiger partial charge in [-0.25, -0.2) is 4.79 Å². The van der Waals surface area contributed by atoms with Gasteiger partial charge in [-0.2, -0.15) is 0 Å². The van der Waals surface area contributed by atoms with Crippen molar-refractivity contribution in [2.24, 2.45) is 0 Å². The van der Waals surface area contributed by atoms with Gasteiger partial charge in [-0.05, 0) is 92.1 Å². The van der Waals surface area contributed by atoms with E-state index in [2.05, 4.69) is 48.2 Å². The van der Waals surface area contributed by atoms with Crippen LogP contribution in [0.4, 0.5) is 0 Å². The van der Waals surface area contributed by atoms with Crippen molar-refractivity contribution >= 4 is 5.97 Å². The third-order valence-electron chi connectivity index (χ3n) is 5.23. The first kappa shape index (κ1) is 26.0. The highest BCUT2D eigenvalue weighted by Gasteiger charge is 1.97. The molecule has 0 aliphatic carbocycles. The molecular weight excluding hydrogens is 444 g/mol. The van der Waals surface area contributed by atoms with Crippen LogP contribution in [0.15, 0.2) is 79.4 Å². The van der Waals surface area contributed by atoms with E-state index in [-0.39, 0.29) is 5.97 Å². The topological polar surface area (TPSA) is 35.5 Å². The van der Waals surface area contributed by atoms with E-state index >= 15 is 0 Å². The highest BCUT2D eigenvalue weighted by atomic mass is 16.5. The normalized spacial score (nSPS) is 9.39. The molecule has 3 heteroatoms. The maximum atomic E-state index is 11.0. The zero-order chi connectivity index (χ0) is 25.6. The fourth-order valence-electron chi connectivity index (χ4n) is 3.19. The Morgan fingerprint density at radius 1 is 0.806 bits per heavy atom. The van der Waals surface area contributed by atoms with E-state index in [1.54, 1.807) is 7.11 Å². The van der Waals surface area contributed by atoms with E-state index in [4.69, 9.17) is 9.47 Å². The van der Waals surface area contributed by atoms with Gasteiger partial charge >= 0.3 is 5.97 Å². The van der Waals surface area contributed by atoms with Crippen LogP contribution in [0.2, 0.25) is 0 Å². The van der Waals surface area contributed by atoms with Crippen molar-refractivity contribution in [2.45, 2.75) is 26.2 Å². The summed E-state index contributed by atoms with van der Waals surface area (Å²) in [6.45, 7) is 5.82. The lowest BCUT2D eigenvalue weighted by Crippen LogP contribution is -2.01. The molecule has 0 saturated carbocycles. The molecule has 0 aromatic heterocycles. The fourth-order valence-corrected chi connectivity index (χ4v) is 3.19. The number of ether oxygens (including phenoxy) is 2. The Morgan fingerprint density at radius 3 is 2.03 bits per heavy atom. The third kappa shape index (κ3) is 8.61. The number of carbonyl (C=O) groups excluding carboxylic acids is 1. The summed E-state index contributed by atoms with van der Waals surface area (Å²) in [6.07, 6.45) is 3.60. The number of aryl methyl sites for hydroxylation is 1. The van der Waals surface area contributed by atoms with Crippen molar-refractivity contribution in [3.8, 4) is 41.3 Å². The molecule has 36 heavy (non-hydrogen) atoms. The van der Waals surface area contributed by atoms with Crippen molar-refractivity contribution in [2.75, 3.05) is 13.7 Å². The average molecular weight is 473 g/mol. The smallest absolute Gasteiger partial charge is 0.330 e. The Balaban J connectivity index is 1.54. The molecule has 0 saturated heterocycles. The van der Waals surface area contributed by atoms with E-state index in [1.807, 2.05) is 67.6 Å². The monoisotopic (exact) mass is 472 g/mol. The summed E-state index contributed by atoms with van der Waals surface area (Å²) in [5.41, 5.74) is 5.85. The predicted octanol–water partition coefficient (Wildman–Crippen LogP) is 6.05. The zero-order valence-corrected chi connectivity index (χ0v) is 20.7. The molecule has 0 atom stereocenters. The number of carbonyl (C=O) groups is 1. The number of hydrogen-bond acceptors (Lipinski definition) is 3. The second-order valence-electron chi connectivity index (χ2n) is 7.97. The van der Waals surface area contributed by atoms with Crippen LogP contribution in [0.25, 0.3) is 0 Å². The summed E-state index contributed by atoms with van der Waals surface area (Å²) in [5.74, 6) is 19.6. The number of benzene rings is 3. The standard InChI is InChI=1S/C33H28O3/c1-4-33(34)36-24-8-6-5-7-9-27-10-12-28(13-11-27)16-20-31-21-17-30(25-26(31)2)15-14-29-18-22-32(35-3)23-19-29/h4,10-13,17-19,21-23,25H,1,5-6,8,24H2,2-3H3. The number of methoxy groups -OCH3 is 1. The minimum absolute atomic E-state index is 0.383. The van der Waals surface area contributed by atoms with Crippen molar-refractivity contribution < 1.29 is 14.3 Å². The second-order valence-corrected chi connectivity index (χ2v) is 7.97. The van der Waals surface area contributed by atoms with Crippen LogP contribution in [0.5, 0.6) is 5.75 Å². The van der Waals surface area contributed by atoms with E-state index in [0.717, 1.165) is 58.4 Å². The molecule has 3 nitrogen and oxygen atoms in total. The van der Waals surface area contributed by atoms with E-state index in [0.29, 0.717) is 6.61 Å². The molecule has 0 bridgehead atoms. The SMILES string of the molecule is C=CC(=O)OCCCCC#Cc1ccc(C#Cc2ccc(C#Cc3ccc(OC)cc3)cc2C)cc1. The van der Waals surface area contributed by atoms with Gasteiger partial charge in [-0.1, -0.05) is 42.1 Å². The molecule has 3 aromatic rings. The molecule has 0 amide bonds. The first-order valence-corrected chi connectivity index (χ1v) is 11.7. The summed E-state index contributed by atoms with van der Waals surface area (Å²) >= 11 is 0. The van der Waals surface area contributed by atoms with E-state index in [1.165, 1.54) is 6.08 Å². The fraction of sp³-hybridized carbons (Fsp3) is 0.182. The molecule has 0 fully saturated rings. The minimum Gasteiger partial charge on any atom is -0.497 e. The molecule has 0 unspecified atom stereocenters. The van der Waals surface area contributed by atoms with Crippen LogP contribution in [0.3, 0.4) is 0 Å². The van der Waals surface area contributed by atoms with Gasteiger partial charge in [0.1, 0.15) is 5.75 Å². The Kier molecular flexibility index (Phi) is 10.0. The Hall–Kier alpha value is -4.65. The van der Waals surface area contributed by atoms with E-state index in [9.17, 15) is 4.79 Å². The Morgan fingerprint density at radius 2 is 1.39 bits per heavy atom. The minimum atomic E-state index is -0.383. The molecule has 0 heterocycles. The largest absolute Gasteiger partial charge is 0.497 e. The van der Waals surface area contributed by atoms with Crippen molar-refractivity contribution in [1.29, 1.82) is 0 Å². The van der Waals surface area contributed by atoms with Crippen molar-refractivity contribution in [3.05, 3.63) is 113 Å². The summed E-state index contributed by atoms with van der Waals surface area (Å²) < 4.78 is 10.1. The lowest BCUT2D eigenvalue weighted by atomic mass is 10.0. The first-order valence-electron chi connectivity index (χ1n) is 11.7. The number of unbranched alkanes of at least 4 members (excludes halogenated alkanes) is 2. The van der Waals surface area contributed by atoms with Crippen LogP contribution in [0, 0.1) is 42.4 Å². The predicted molar refractivity (Wildman–Crippen MR) is 144 cm³/mol. The Bertz CT molecular complexity index is 1380. The van der Waals surface area contributed by atoms with Crippen LogP contribution in [-0.4, -0.2) is 19.7 Å². The summed E-state index contributed by atoms with van der Waals surface area (Å²) in [5, 5.41) is 0. The molecule has 178 valence electrons. The van der Waals surface area contributed by atoms with Crippen LogP contribution < -0.4 is 4.74 Å². The molecule has 0 N–H and O–H groups in total. The first-order chi connectivity index (χ1) is 17.6. The maximum absolute atomic E-state index is 11.0. The third-order valence-corrected chi connectivity index (χ3v) is 5.23. The molecule has 0 aliphatic heterocycles. The molecule has 3 rings (SSSR count). The quantitative estimate of drug-likeness (QED) is 0.190. The Labute approximate surface area is 214 Å². The summed E-state index contributed by atoms with van der Waals surface area (Å²) in [6, 6.07) is 21.7. The maximum Gasteiger partial charge on any atom is 0.330 e. The van der Waals surface area contributed by atoms with Gasteiger partial charge in [-0.3, -0.25) is 0 Å². The highest BCUT2D eigenvalue weighted by molar-refractivity contribution is 5.81. The molecule has 3 aromatic carbocycles. The second kappa shape index (κ2) is 13.9. The number of hydrogen-bond donors (Lipinski definition) is 0. The van der Waals surface area contributed by atoms with Crippen LogP contribution in [-0.2, 0) is 9.53 Å². The van der Waals surface area contributed by atoms with Gasteiger partial charge in [0.2, 0.25) is 0 Å². The van der Waals surface area contributed by atoms with Gasteiger partial charge < -0.3 is 9.47 Å². The lowest BCUT2D eigenvalue weighted by Gasteiger charge is -2.00. The molecule has 0 spiro atoms. The highest BCUT2D eigenvalue weighted by Crippen LogP contribution is 2.12. The van der Waals surface area contributed by atoms with Crippen molar-refractivity contribution in [1.82, 2.24) is 0 Å². The summed E-state index contributed by atoms with van der Waals surface area (Å²) in [7, 11) is 1.65. The van der Waals surface area contributed by atoms with Crippen LogP contribution in [0.1, 0.15) is 52.6 Å². The van der Waals surface area contributed by atoms with Gasteiger partial charge in [0.05, 0.1) is 13.7 Å². The zero-order valence-electron chi connectivity index (χ0n) is 20.7. The molecule has 0 radical (unpaired) electrons. The van der Waals surface area contributed by atoms with Gasteiger partial charge in [0.25, 0.3) is 0 Å². The van der Waals surface area contributed by atoms with Gasteiger partial charge in [0, 0.05) is 40.3 Å². The van der Waals surface area contributed by atoms with Gasteiger partial charge in [-0.15, -0.1) is 0 Å². The lowest BCUT2D eigenvalue weighted by molar-refractivity contribution is -0.137. The molecule has 0 aliphatic rings. The molecular formula is C33H28O3. The average Bonchev–Trinajstić information content (AvgIpc) is 2.91. The summed E-state index contributed by atoms with van der Waals surface area (Å²) in [4.78, 5) is 11.0.